The zero-order valence-corrected chi connectivity index (χ0v) is 11.1. The Morgan fingerprint density at radius 1 is 1.22 bits per heavy atom. The minimum absolute atomic E-state index is 0.512. The molecule has 18 heavy (non-hydrogen) atoms. The zero-order chi connectivity index (χ0) is 12.4. The van der Waals surface area contributed by atoms with Crippen LogP contribution in [-0.4, -0.2) is 9.97 Å². The van der Waals surface area contributed by atoms with Crippen LogP contribution < -0.4 is 4.74 Å². The number of nitrogens with zero attached hydrogens (tertiary/aromatic N) is 1. The first-order valence-corrected chi connectivity index (χ1v) is 6.40. The second-order valence-corrected chi connectivity index (χ2v) is 4.92. The third-order valence-corrected chi connectivity index (χ3v) is 3.16. The number of hydrogen-bond acceptors (Lipinski definition) is 2. The van der Waals surface area contributed by atoms with Gasteiger partial charge in [-0.15, -0.1) is 0 Å². The highest BCUT2D eigenvalue weighted by atomic mass is 79.9. The molecule has 1 aromatic carbocycles. The Morgan fingerprint density at radius 2 is 2.17 bits per heavy atom. The number of rotatable bonds is 3. The molecule has 0 fully saturated rings. The van der Waals surface area contributed by atoms with Crippen molar-refractivity contribution >= 4 is 26.8 Å². The molecular weight excluding hydrogens is 292 g/mol. The topological polar surface area (TPSA) is 37.9 Å². The Bertz CT molecular complexity index is 664. The summed E-state index contributed by atoms with van der Waals surface area (Å²) in [7, 11) is 0. The third kappa shape index (κ3) is 2.38. The lowest BCUT2D eigenvalue weighted by Gasteiger charge is -2.02. The van der Waals surface area contributed by atoms with Crippen molar-refractivity contribution in [3.8, 4) is 5.75 Å². The van der Waals surface area contributed by atoms with Crippen LogP contribution in [0.3, 0.4) is 0 Å². The van der Waals surface area contributed by atoms with Crippen molar-refractivity contribution in [3.05, 3.63) is 59.0 Å². The smallest absolute Gasteiger partial charge is 0.138 e. The molecule has 0 aliphatic rings. The largest absolute Gasteiger partial charge is 0.486 e. The molecule has 2 aromatic heterocycles. The average molecular weight is 303 g/mol. The van der Waals surface area contributed by atoms with Gasteiger partial charge in [0.05, 0.1) is 11.9 Å². The number of pyridine rings is 1. The van der Waals surface area contributed by atoms with Gasteiger partial charge in [0.2, 0.25) is 0 Å². The molecule has 0 saturated carbocycles. The summed E-state index contributed by atoms with van der Waals surface area (Å²) in [4.78, 5) is 7.34. The second kappa shape index (κ2) is 4.82. The molecule has 2 heterocycles. The first kappa shape index (κ1) is 11.3. The zero-order valence-electron chi connectivity index (χ0n) is 9.56. The van der Waals surface area contributed by atoms with Gasteiger partial charge in [-0.25, -0.2) is 0 Å². The molecule has 3 rings (SSSR count). The van der Waals surface area contributed by atoms with Crippen molar-refractivity contribution in [2.75, 3.05) is 0 Å². The molecule has 0 atom stereocenters. The second-order valence-electron chi connectivity index (χ2n) is 4.00. The summed E-state index contributed by atoms with van der Waals surface area (Å²) in [6.07, 6.45) is 3.44. The monoisotopic (exact) mass is 302 g/mol. The van der Waals surface area contributed by atoms with Crippen LogP contribution in [0.4, 0.5) is 0 Å². The van der Waals surface area contributed by atoms with Gasteiger partial charge in [0.15, 0.2) is 0 Å². The number of halogens is 1. The van der Waals surface area contributed by atoms with Crippen molar-refractivity contribution in [1.29, 1.82) is 0 Å². The maximum Gasteiger partial charge on any atom is 0.138 e. The van der Waals surface area contributed by atoms with E-state index in [4.69, 9.17) is 4.74 Å². The van der Waals surface area contributed by atoms with Crippen LogP contribution >= 0.6 is 15.9 Å². The fourth-order valence-electron chi connectivity index (χ4n) is 1.83. The molecule has 1 N–H and O–H groups in total. The summed E-state index contributed by atoms with van der Waals surface area (Å²) in [6, 6.07) is 12.0. The molecular formula is C14H11BrN2O. The van der Waals surface area contributed by atoms with Crippen molar-refractivity contribution in [3.63, 3.8) is 0 Å². The highest BCUT2D eigenvalue weighted by Gasteiger charge is 2.02. The number of benzene rings is 1. The lowest BCUT2D eigenvalue weighted by atomic mass is 10.2. The van der Waals surface area contributed by atoms with E-state index in [-0.39, 0.29) is 0 Å². The average Bonchev–Trinajstić information content (AvgIpc) is 2.79. The summed E-state index contributed by atoms with van der Waals surface area (Å²) < 4.78 is 6.72. The fraction of sp³-hybridized carbons (Fsp3) is 0.0714. The summed E-state index contributed by atoms with van der Waals surface area (Å²) in [5, 5.41) is 1.18. The first-order chi connectivity index (χ1) is 8.81. The molecule has 0 aliphatic heterocycles. The van der Waals surface area contributed by atoms with Crippen molar-refractivity contribution in [2.24, 2.45) is 0 Å². The highest BCUT2D eigenvalue weighted by molar-refractivity contribution is 9.10. The molecule has 0 spiro atoms. The van der Waals surface area contributed by atoms with Gasteiger partial charge in [0, 0.05) is 21.6 Å². The molecule has 0 aliphatic carbocycles. The van der Waals surface area contributed by atoms with Crippen LogP contribution in [0.1, 0.15) is 5.69 Å². The quantitative estimate of drug-likeness (QED) is 0.796. The fourth-order valence-corrected chi connectivity index (χ4v) is 2.21. The van der Waals surface area contributed by atoms with Crippen LogP contribution in [0.25, 0.3) is 10.9 Å². The molecule has 0 amide bonds. The lowest BCUT2D eigenvalue weighted by molar-refractivity contribution is 0.301. The van der Waals surface area contributed by atoms with Crippen LogP contribution in [0.15, 0.2) is 53.3 Å². The van der Waals surface area contributed by atoms with E-state index in [0.29, 0.717) is 6.61 Å². The van der Waals surface area contributed by atoms with Gasteiger partial charge < -0.3 is 9.72 Å². The van der Waals surface area contributed by atoms with Gasteiger partial charge in [-0.3, -0.25) is 4.98 Å². The predicted molar refractivity (Wildman–Crippen MR) is 74.6 cm³/mol. The lowest BCUT2D eigenvalue weighted by Crippen LogP contribution is -1.95. The van der Waals surface area contributed by atoms with Gasteiger partial charge in [-0.2, -0.15) is 0 Å². The number of H-pyrrole nitrogens is 1. The van der Waals surface area contributed by atoms with Crippen molar-refractivity contribution < 1.29 is 4.74 Å². The van der Waals surface area contributed by atoms with E-state index in [1.165, 1.54) is 5.39 Å². The van der Waals surface area contributed by atoms with Crippen molar-refractivity contribution in [2.45, 2.75) is 6.61 Å². The highest BCUT2D eigenvalue weighted by Crippen LogP contribution is 2.21. The maximum absolute atomic E-state index is 5.65. The van der Waals surface area contributed by atoms with E-state index in [1.807, 2.05) is 24.3 Å². The standard InChI is InChI=1S/C14H11BrN2O/c15-11-3-4-14-10(6-11)7-12(17-14)9-18-13-2-1-5-16-8-13/h1-8,17H,9H2. The van der Waals surface area contributed by atoms with E-state index in [2.05, 4.69) is 38.0 Å². The van der Waals surface area contributed by atoms with Gasteiger partial charge in [0.1, 0.15) is 12.4 Å². The Hall–Kier alpha value is -1.81. The van der Waals surface area contributed by atoms with E-state index < -0.39 is 0 Å². The predicted octanol–water partition coefficient (Wildman–Crippen LogP) is 3.90. The molecule has 4 heteroatoms. The summed E-state index contributed by atoms with van der Waals surface area (Å²) >= 11 is 3.46. The van der Waals surface area contributed by atoms with E-state index in [1.54, 1.807) is 12.4 Å². The molecule has 0 radical (unpaired) electrons. The van der Waals surface area contributed by atoms with Gasteiger partial charge in [-0.05, 0) is 36.4 Å². The van der Waals surface area contributed by atoms with E-state index >= 15 is 0 Å². The molecule has 90 valence electrons. The summed E-state index contributed by atoms with van der Waals surface area (Å²) in [5.41, 5.74) is 2.16. The normalized spacial score (nSPS) is 10.7. The minimum Gasteiger partial charge on any atom is -0.486 e. The Balaban J connectivity index is 1.79. The Kier molecular flexibility index (Phi) is 3.02. The number of aromatic nitrogens is 2. The first-order valence-electron chi connectivity index (χ1n) is 5.61. The Morgan fingerprint density at radius 3 is 3.00 bits per heavy atom. The maximum atomic E-state index is 5.65. The Labute approximate surface area is 113 Å². The van der Waals surface area contributed by atoms with E-state index in [9.17, 15) is 0 Å². The van der Waals surface area contributed by atoms with Crippen molar-refractivity contribution in [1.82, 2.24) is 9.97 Å². The van der Waals surface area contributed by atoms with E-state index in [0.717, 1.165) is 21.4 Å². The van der Waals surface area contributed by atoms with Crippen LogP contribution in [0.5, 0.6) is 5.75 Å². The number of aromatic amines is 1. The number of fused-ring (bicyclic) bond motifs is 1. The molecule has 3 aromatic rings. The number of nitrogens with one attached hydrogen (secondary N) is 1. The number of hydrogen-bond donors (Lipinski definition) is 1. The summed E-state index contributed by atoms with van der Waals surface area (Å²) in [5.74, 6) is 0.775. The third-order valence-electron chi connectivity index (χ3n) is 2.67. The molecule has 0 saturated heterocycles. The molecule has 0 unspecified atom stereocenters. The van der Waals surface area contributed by atoms with Crippen LogP contribution in [-0.2, 0) is 6.61 Å². The van der Waals surface area contributed by atoms with Crippen LogP contribution in [0, 0.1) is 0 Å². The van der Waals surface area contributed by atoms with Gasteiger partial charge >= 0.3 is 0 Å². The summed E-state index contributed by atoms with van der Waals surface area (Å²) in [6.45, 7) is 0.512. The molecule has 0 bridgehead atoms. The van der Waals surface area contributed by atoms with Crippen LogP contribution in [0.2, 0.25) is 0 Å². The number of ether oxygens (including phenoxy) is 1. The minimum atomic E-state index is 0.512. The molecule has 3 nitrogen and oxygen atoms in total. The SMILES string of the molecule is Brc1ccc2[nH]c(COc3cccnc3)cc2c1. The van der Waals surface area contributed by atoms with Gasteiger partial charge in [-0.1, -0.05) is 15.9 Å². The van der Waals surface area contributed by atoms with Gasteiger partial charge in [0.25, 0.3) is 0 Å².